The Morgan fingerprint density at radius 3 is 1.80 bits per heavy atom. The number of benzene rings is 1. The first-order valence-electron chi connectivity index (χ1n) is 16.6. The number of quaternary nitrogens is 1. The van der Waals surface area contributed by atoms with Gasteiger partial charge >= 0.3 is 5.66 Å². The van der Waals surface area contributed by atoms with E-state index in [0.29, 0.717) is 6.42 Å². The number of amides is 1. The molecule has 8 nitrogen and oxygen atoms in total. The first kappa shape index (κ1) is 40.6. The molecule has 0 saturated heterocycles. The summed E-state index contributed by atoms with van der Waals surface area (Å²) in [4.78, 5) is 25.2. The summed E-state index contributed by atoms with van der Waals surface area (Å²) >= 11 is 0. The molecule has 1 amide bonds. The first-order valence-corrected chi connectivity index (χ1v) is 18.1. The topological polar surface area (TPSA) is 119 Å². The molecule has 1 aromatic carbocycles. The largest absolute Gasteiger partial charge is 0.774 e. The van der Waals surface area contributed by atoms with Crippen molar-refractivity contribution in [2.24, 2.45) is 0 Å². The van der Waals surface area contributed by atoms with Crippen molar-refractivity contribution in [1.29, 1.82) is 0 Å². The molecular weight excluding hydrogens is 589 g/mol. The number of carbonyl (C=O) groups is 1. The van der Waals surface area contributed by atoms with E-state index in [-0.39, 0.29) is 23.0 Å². The van der Waals surface area contributed by atoms with E-state index in [1.54, 1.807) is 39.3 Å². The highest BCUT2D eigenvalue weighted by atomic mass is 31.2. The fourth-order valence-corrected chi connectivity index (χ4v) is 5.98. The Kier molecular flexibility index (Phi) is 19.7. The molecule has 0 heterocycles. The molecule has 3 N–H and O–H groups in total. The van der Waals surface area contributed by atoms with Gasteiger partial charge in [0.1, 0.15) is 25.4 Å². The molecule has 2 unspecified atom stereocenters. The number of hydrogen-bond donors (Lipinski definition) is 3. The minimum atomic E-state index is -5.93. The molecule has 256 valence electrons. The number of likely N-dealkylation sites (N-methyl/N-ethyl adjacent to an activating group) is 1. The Bertz CT molecular complexity index is 948. The zero-order valence-corrected chi connectivity index (χ0v) is 28.4. The molecule has 11 heteroatoms. The van der Waals surface area contributed by atoms with Crippen molar-refractivity contribution in [3.63, 3.8) is 0 Å². The smallest absolute Gasteiger partial charge is 0.336 e. The number of halogens is 2. The number of aliphatic hydroxyl groups is 2. The summed E-state index contributed by atoms with van der Waals surface area (Å²) in [7, 11) is -0.698. The lowest BCUT2D eigenvalue weighted by atomic mass is 9.97. The van der Waals surface area contributed by atoms with Crippen molar-refractivity contribution >= 4 is 13.5 Å². The van der Waals surface area contributed by atoms with Gasteiger partial charge in [-0.15, -0.1) is 0 Å². The van der Waals surface area contributed by atoms with Crippen LogP contribution in [0.4, 0.5) is 8.78 Å². The third kappa shape index (κ3) is 16.2. The van der Waals surface area contributed by atoms with Gasteiger partial charge in [0.2, 0.25) is 13.5 Å². The van der Waals surface area contributed by atoms with Crippen molar-refractivity contribution in [3.8, 4) is 0 Å². The van der Waals surface area contributed by atoms with E-state index in [1.807, 2.05) is 0 Å². The van der Waals surface area contributed by atoms with Gasteiger partial charge in [0.25, 0.3) is 0 Å². The van der Waals surface area contributed by atoms with Crippen molar-refractivity contribution in [2.75, 3.05) is 34.3 Å². The fraction of sp³-hybridized carbons (Fsp3) is 0.788. The first-order chi connectivity index (χ1) is 20.7. The number of rotatable bonds is 26. The van der Waals surface area contributed by atoms with E-state index in [4.69, 9.17) is 0 Å². The standard InChI is InChI=1S/C33H59F2N2O6P/c1-5-6-7-8-9-10-11-12-13-14-15-16-17-18-22-25-29(38)36-30(31(39)28-23-20-19-21-24-28)32(40)33(34,35)44(41,42)43-27-26-37(2,3)4/h19-21,23-24,30-32,39-40H,5-18,22,25-27H2,1-4H3,(H-,36,38,41,42)/t30-,31-,32?/m1/s1. The molecule has 0 spiro atoms. The number of unbranched alkanes of at least 4 members (excludes halogenated alkanes) is 14. The van der Waals surface area contributed by atoms with Crippen molar-refractivity contribution in [3.05, 3.63) is 35.9 Å². The fourth-order valence-electron chi connectivity index (χ4n) is 5.00. The van der Waals surface area contributed by atoms with E-state index in [0.717, 1.165) is 25.7 Å². The highest BCUT2D eigenvalue weighted by molar-refractivity contribution is 7.52. The van der Waals surface area contributed by atoms with Crippen LogP contribution in [0.25, 0.3) is 0 Å². The van der Waals surface area contributed by atoms with E-state index in [2.05, 4.69) is 16.8 Å². The summed E-state index contributed by atoms with van der Waals surface area (Å²) in [6.45, 7) is 1.85. The average molecular weight is 649 g/mol. The average Bonchev–Trinajstić information content (AvgIpc) is 2.96. The Morgan fingerprint density at radius 1 is 0.886 bits per heavy atom. The molecule has 4 atom stereocenters. The maximum atomic E-state index is 15.2. The lowest BCUT2D eigenvalue weighted by Gasteiger charge is -2.39. The summed E-state index contributed by atoms with van der Waals surface area (Å²) in [5.41, 5.74) is -4.62. The molecule has 1 aromatic rings. The van der Waals surface area contributed by atoms with Crippen LogP contribution >= 0.6 is 7.60 Å². The predicted molar refractivity (Wildman–Crippen MR) is 170 cm³/mol. The lowest BCUT2D eigenvalue weighted by molar-refractivity contribution is -0.870. The maximum Gasteiger partial charge on any atom is 0.336 e. The molecule has 0 fully saturated rings. The van der Waals surface area contributed by atoms with Crippen LogP contribution in [0.5, 0.6) is 0 Å². The normalized spacial score (nSPS) is 15.8. The monoisotopic (exact) mass is 648 g/mol. The van der Waals surface area contributed by atoms with Crippen LogP contribution < -0.4 is 10.2 Å². The molecule has 0 aliphatic rings. The Morgan fingerprint density at radius 2 is 1.34 bits per heavy atom. The van der Waals surface area contributed by atoms with Gasteiger partial charge in [-0.3, -0.25) is 4.79 Å². The number of aliphatic hydroxyl groups excluding tert-OH is 2. The second-order valence-electron chi connectivity index (χ2n) is 13.0. The number of nitrogens with zero attached hydrogens (tertiary/aromatic N) is 1. The van der Waals surface area contributed by atoms with Gasteiger partial charge in [0.15, 0.2) is 0 Å². The van der Waals surface area contributed by atoms with Crippen molar-refractivity contribution < 1.29 is 42.3 Å². The molecule has 0 aliphatic carbocycles. The van der Waals surface area contributed by atoms with Gasteiger partial charge in [0.05, 0.1) is 27.2 Å². The molecule has 0 bridgehead atoms. The van der Waals surface area contributed by atoms with Crippen LogP contribution in [-0.4, -0.2) is 72.7 Å². The number of alkyl halides is 2. The van der Waals surface area contributed by atoms with Crippen LogP contribution in [0.15, 0.2) is 30.3 Å². The van der Waals surface area contributed by atoms with Gasteiger partial charge in [-0.1, -0.05) is 127 Å². The van der Waals surface area contributed by atoms with E-state index >= 15 is 8.78 Å². The minimum absolute atomic E-state index is 0.00356. The molecule has 44 heavy (non-hydrogen) atoms. The molecule has 0 radical (unpaired) electrons. The van der Waals surface area contributed by atoms with Crippen LogP contribution in [0, 0.1) is 0 Å². The zero-order valence-electron chi connectivity index (χ0n) is 27.5. The summed E-state index contributed by atoms with van der Waals surface area (Å²) in [6.07, 6.45) is 12.7. The predicted octanol–water partition coefficient (Wildman–Crippen LogP) is 6.70. The Hall–Kier alpha value is -1.42. The molecule has 0 saturated carbocycles. The number of nitrogens with one attached hydrogen (secondary N) is 1. The van der Waals surface area contributed by atoms with Crippen molar-refractivity contribution in [1.82, 2.24) is 5.32 Å². The number of carbonyl (C=O) groups excluding carboxylic acids is 1. The summed E-state index contributed by atoms with van der Waals surface area (Å²) in [5.74, 6) is -0.652. The highest BCUT2D eigenvalue weighted by Gasteiger charge is 2.54. The summed E-state index contributed by atoms with van der Waals surface area (Å²) in [5, 5.41) is 23.8. The maximum absolute atomic E-state index is 15.2. The minimum Gasteiger partial charge on any atom is -0.774 e. The molecule has 1 rings (SSSR count). The number of hydrogen-bond acceptors (Lipinski definition) is 6. The van der Waals surface area contributed by atoms with E-state index in [9.17, 15) is 24.5 Å². The van der Waals surface area contributed by atoms with Gasteiger partial charge < -0.3 is 34.0 Å². The quantitative estimate of drug-likeness (QED) is 0.0585. The van der Waals surface area contributed by atoms with Crippen LogP contribution in [-0.2, 0) is 13.9 Å². The van der Waals surface area contributed by atoms with E-state index in [1.165, 1.54) is 76.3 Å². The molecular formula is C33H59F2N2O6P. The van der Waals surface area contributed by atoms with E-state index < -0.39 is 44.0 Å². The van der Waals surface area contributed by atoms with Crippen LogP contribution in [0.3, 0.4) is 0 Å². The Balaban J connectivity index is 2.56. The summed E-state index contributed by atoms with van der Waals surface area (Å²) in [6, 6.07) is 5.67. The Labute approximate surface area is 264 Å². The van der Waals surface area contributed by atoms with Gasteiger partial charge in [-0.2, -0.15) is 8.78 Å². The van der Waals surface area contributed by atoms with Crippen LogP contribution in [0.2, 0.25) is 0 Å². The van der Waals surface area contributed by atoms with Crippen molar-refractivity contribution in [2.45, 2.75) is 134 Å². The third-order valence-corrected chi connectivity index (χ3v) is 9.42. The van der Waals surface area contributed by atoms with Gasteiger partial charge in [0, 0.05) is 6.42 Å². The van der Waals surface area contributed by atoms with Crippen LogP contribution in [0.1, 0.15) is 121 Å². The molecule has 0 aromatic heterocycles. The van der Waals surface area contributed by atoms with Gasteiger partial charge in [-0.25, -0.2) is 0 Å². The third-order valence-electron chi connectivity index (χ3n) is 7.90. The second kappa shape index (κ2) is 21.4. The zero-order chi connectivity index (χ0) is 33.1. The highest BCUT2D eigenvalue weighted by Crippen LogP contribution is 2.56. The molecule has 0 aliphatic heterocycles. The second-order valence-corrected chi connectivity index (χ2v) is 14.9. The summed E-state index contributed by atoms with van der Waals surface area (Å²) < 4.78 is 47.6. The van der Waals surface area contributed by atoms with Gasteiger partial charge in [-0.05, 0) is 12.0 Å². The SMILES string of the molecule is CCCCCCCCCCCCCCCCCC(=O)N[C@@H](C(O)C(F)(F)P(=O)([O-])OCC[N+](C)(C)C)[C@H](O)c1ccccc1. The lowest BCUT2D eigenvalue weighted by Crippen LogP contribution is -2.55.